The van der Waals surface area contributed by atoms with Crippen molar-refractivity contribution in [2.45, 2.75) is 6.42 Å². The SMILES string of the molecule is COCCCN(CCNC(=O)c1ccc(OC)cc1)S(C)(=O)=O. The second-order valence-electron chi connectivity index (χ2n) is 4.99. The predicted octanol–water partition coefficient (Wildman–Crippen LogP) is 0.723. The maximum atomic E-state index is 12.0. The van der Waals surface area contributed by atoms with Gasteiger partial charge in [-0.05, 0) is 30.7 Å². The van der Waals surface area contributed by atoms with Crippen LogP contribution in [-0.2, 0) is 14.8 Å². The summed E-state index contributed by atoms with van der Waals surface area (Å²) in [5.74, 6) is 0.418. The van der Waals surface area contributed by atoms with Crippen LogP contribution in [0.15, 0.2) is 24.3 Å². The molecule has 1 amide bonds. The lowest BCUT2D eigenvalue weighted by molar-refractivity contribution is 0.0951. The number of nitrogens with one attached hydrogen (secondary N) is 1. The lowest BCUT2D eigenvalue weighted by atomic mass is 10.2. The summed E-state index contributed by atoms with van der Waals surface area (Å²) in [5, 5.41) is 2.71. The number of carbonyl (C=O) groups is 1. The van der Waals surface area contributed by atoms with Gasteiger partial charge in [-0.25, -0.2) is 12.7 Å². The second-order valence-corrected chi connectivity index (χ2v) is 6.98. The maximum Gasteiger partial charge on any atom is 0.251 e. The summed E-state index contributed by atoms with van der Waals surface area (Å²) in [6, 6.07) is 6.70. The average molecular weight is 344 g/mol. The van der Waals surface area contributed by atoms with Crippen molar-refractivity contribution in [2.24, 2.45) is 0 Å². The Morgan fingerprint density at radius 3 is 2.35 bits per heavy atom. The third-order valence-corrected chi connectivity index (χ3v) is 4.53. The van der Waals surface area contributed by atoms with Crippen molar-refractivity contribution in [1.29, 1.82) is 0 Å². The van der Waals surface area contributed by atoms with Crippen LogP contribution in [0.3, 0.4) is 0 Å². The first kappa shape index (κ1) is 19.4. The Morgan fingerprint density at radius 1 is 1.17 bits per heavy atom. The van der Waals surface area contributed by atoms with Gasteiger partial charge in [-0.3, -0.25) is 4.79 Å². The smallest absolute Gasteiger partial charge is 0.251 e. The second kappa shape index (κ2) is 9.49. The summed E-state index contributed by atoms with van der Waals surface area (Å²) in [4.78, 5) is 12.0. The molecule has 130 valence electrons. The standard InChI is InChI=1S/C15H24N2O5S/c1-21-12-4-10-17(23(3,19)20)11-9-16-15(18)13-5-7-14(22-2)8-6-13/h5-8H,4,9-12H2,1-3H3,(H,16,18). The number of carbonyl (C=O) groups excluding carboxylic acids is 1. The fourth-order valence-corrected chi connectivity index (χ4v) is 2.85. The summed E-state index contributed by atoms with van der Waals surface area (Å²) < 4.78 is 34.7. The molecule has 0 spiro atoms. The number of benzene rings is 1. The van der Waals surface area contributed by atoms with E-state index in [-0.39, 0.29) is 19.0 Å². The third kappa shape index (κ3) is 6.98. The molecule has 0 radical (unpaired) electrons. The Hall–Kier alpha value is -1.64. The van der Waals surface area contributed by atoms with E-state index in [1.807, 2.05) is 0 Å². The molecular weight excluding hydrogens is 320 g/mol. The summed E-state index contributed by atoms with van der Waals surface area (Å²) in [6.07, 6.45) is 1.76. The molecule has 0 heterocycles. The van der Waals surface area contributed by atoms with Gasteiger partial charge in [0.2, 0.25) is 10.0 Å². The number of amides is 1. The highest BCUT2D eigenvalue weighted by Gasteiger charge is 2.16. The molecule has 23 heavy (non-hydrogen) atoms. The van der Waals surface area contributed by atoms with Gasteiger partial charge in [0.05, 0.1) is 13.4 Å². The first-order valence-electron chi connectivity index (χ1n) is 7.24. The Balaban J connectivity index is 2.49. The van der Waals surface area contributed by atoms with E-state index in [1.165, 1.54) is 4.31 Å². The van der Waals surface area contributed by atoms with Gasteiger partial charge in [0.25, 0.3) is 5.91 Å². The first-order valence-corrected chi connectivity index (χ1v) is 9.09. The monoisotopic (exact) mass is 344 g/mol. The minimum absolute atomic E-state index is 0.227. The van der Waals surface area contributed by atoms with Crippen LogP contribution in [0.4, 0.5) is 0 Å². The van der Waals surface area contributed by atoms with E-state index in [0.29, 0.717) is 30.9 Å². The van der Waals surface area contributed by atoms with Crippen LogP contribution < -0.4 is 10.1 Å². The summed E-state index contributed by atoms with van der Waals surface area (Å²) in [6.45, 7) is 1.32. The van der Waals surface area contributed by atoms with Crippen LogP contribution in [0, 0.1) is 0 Å². The van der Waals surface area contributed by atoms with Gasteiger partial charge in [0, 0.05) is 38.9 Å². The van der Waals surface area contributed by atoms with Crippen molar-refractivity contribution in [1.82, 2.24) is 9.62 Å². The molecule has 1 rings (SSSR count). The van der Waals surface area contributed by atoms with Crippen molar-refractivity contribution in [3.8, 4) is 5.75 Å². The van der Waals surface area contributed by atoms with Gasteiger partial charge in [-0.15, -0.1) is 0 Å². The van der Waals surface area contributed by atoms with Gasteiger partial charge < -0.3 is 14.8 Å². The maximum absolute atomic E-state index is 12.0. The van der Waals surface area contributed by atoms with Crippen LogP contribution in [0.2, 0.25) is 0 Å². The van der Waals surface area contributed by atoms with Gasteiger partial charge in [0.15, 0.2) is 0 Å². The van der Waals surface area contributed by atoms with E-state index >= 15 is 0 Å². The van der Waals surface area contributed by atoms with E-state index in [1.54, 1.807) is 38.5 Å². The molecular formula is C15H24N2O5S. The van der Waals surface area contributed by atoms with Gasteiger partial charge in [0.1, 0.15) is 5.75 Å². The zero-order valence-corrected chi connectivity index (χ0v) is 14.6. The quantitative estimate of drug-likeness (QED) is 0.632. The number of rotatable bonds is 10. The molecule has 1 aromatic rings. The zero-order valence-electron chi connectivity index (χ0n) is 13.7. The van der Waals surface area contributed by atoms with Crippen LogP contribution in [-0.4, -0.2) is 65.3 Å². The Bertz CT molecular complexity index is 586. The number of sulfonamides is 1. The van der Waals surface area contributed by atoms with Crippen molar-refractivity contribution < 1.29 is 22.7 Å². The topological polar surface area (TPSA) is 84.9 Å². The molecule has 0 aromatic heterocycles. The summed E-state index contributed by atoms with van der Waals surface area (Å²) >= 11 is 0. The number of methoxy groups -OCH3 is 2. The Morgan fingerprint density at radius 2 is 1.83 bits per heavy atom. The average Bonchev–Trinajstić information content (AvgIpc) is 2.52. The highest BCUT2D eigenvalue weighted by atomic mass is 32.2. The highest BCUT2D eigenvalue weighted by Crippen LogP contribution is 2.11. The Labute approximate surface area is 137 Å². The molecule has 0 unspecified atom stereocenters. The largest absolute Gasteiger partial charge is 0.497 e. The molecule has 0 saturated heterocycles. The van der Waals surface area contributed by atoms with E-state index < -0.39 is 10.0 Å². The highest BCUT2D eigenvalue weighted by molar-refractivity contribution is 7.88. The molecule has 0 fully saturated rings. The number of hydrogen-bond donors (Lipinski definition) is 1. The minimum atomic E-state index is -3.31. The summed E-state index contributed by atoms with van der Waals surface area (Å²) in [5.41, 5.74) is 0.496. The minimum Gasteiger partial charge on any atom is -0.497 e. The number of hydrogen-bond acceptors (Lipinski definition) is 5. The molecule has 0 aliphatic heterocycles. The van der Waals surface area contributed by atoms with Crippen LogP contribution >= 0.6 is 0 Å². The lowest BCUT2D eigenvalue weighted by Crippen LogP contribution is -2.38. The van der Waals surface area contributed by atoms with Crippen LogP contribution in [0.25, 0.3) is 0 Å². The predicted molar refractivity (Wildman–Crippen MR) is 88.2 cm³/mol. The number of ether oxygens (including phenoxy) is 2. The van der Waals surface area contributed by atoms with Crippen molar-refractivity contribution in [3.05, 3.63) is 29.8 Å². The van der Waals surface area contributed by atoms with Crippen molar-refractivity contribution in [2.75, 3.05) is 46.7 Å². The van der Waals surface area contributed by atoms with Gasteiger partial charge >= 0.3 is 0 Å². The molecule has 7 nitrogen and oxygen atoms in total. The molecule has 8 heteroatoms. The Kier molecular flexibility index (Phi) is 8.01. The van der Waals surface area contributed by atoms with Crippen LogP contribution in [0.5, 0.6) is 5.75 Å². The van der Waals surface area contributed by atoms with E-state index in [0.717, 1.165) is 6.26 Å². The summed E-state index contributed by atoms with van der Waals surface area (Å²) in [7, 11) is -0.184. The lowest BCUT2D eigenvalue weighted by Gasteiger charge is -2.20. The molecule has 0 atom stereocenters. The molecule has 0 aliphatic rings. The van der Waals surface area contributed by atoms with Gasteiger partial charge in [-0.1, -0.05) is 0 Å². The molecule has 1 N–H and O–H groups in total. The zero-order chi connectivity index (χ0) is 17.3. The first-order chi connectivity index (χ1) is 10.9. The normalized spacial score (nSPS) is 11.5. The fraction of sp³-hybridized carbons (Fsp3) is 0.533. The molecule has 0 aliphatic carbocycles. The van der Waals surface area contributed by atoms with Gasteiger partial charge in [-0.2, -0.15) is 0 Å². The van der Waals surface area contributed by atoms with E-state index in [9.17, 15) is 13.2 Å². The third-order valence-electron chi connectivity index (χ3n) is 3.22. The van der Waals surface area contributed by atoms with Crippen molar-refractivity contribution in [3.63, 3.8) is 0 Å². The van der Waals surface area contributed by atoms with E-state index in [2.05, 4.69) is 5.32 Å². The molecule has 1 aromatic carbocycles. The molecule has 0 bridgehead atoms. The van der Waals surface area contributed by atoms with Crippen LogP contribution in [0.1, 0.15) is 16.8 Å². The number of nitrogens with zero attached hydrogens (tertiary/aromatic N) is 1. The van der Waals surface area contributed by atoms with E-state index in [4.69, 9.17) is 9.47 Å². The fourth-order valence-electron chi connectivity index (χ4n) is 1.97. The van der Waals surface area contributed by atoms with Crippen molar-refractivity contribution >= 4 is 15.9 Å². The molecule has 0 saturated carbocycles.